The summed E-state index contributed by atoms with van der Waals surface area (Å²) < 4.78 is 18.8. The minimum absolute atomic E-state index is 0.0568. The van der Waals surface area contributed by atoms with E-state index < -0.39 is 10.0 Å². The van der Waals surface area contributed by atoms with Crippen LogP contribution in [-0.4, -0.2) is 20.6 Å². The molecular weight excluding hydrogens is 384 g/mol. The Morgan fingerprint density at radius 2 is 1.55 bits per heavy atom. The highest BCUT2D eigenvalue weighted by Crippen LogP contribution is 2.34. The third-order valence-corrected chi connectivity index (χ3v) is 5.38. The highest BCUT2D eigenvalue weighted by atomic mass is 32.2. The number of nitrogens with two attached hydrogens (primary N) is 1. The minimum atomic E-state index is -3.17. The number of primary sulfonamides is 1. The molecule has 1 aliphatic heterocycles. The van der Waals surface area contributed by atoms with Crippen molar-refractivity contribution in [2.24, 2.45) is 5.14 Å². The van der Waals surface area contributed by atoms with Gasteiger partial charge in [0.05, 0.1) is 6.26 Å². The molecule has 0 aromatic heterocycles. The predicted octanol–water partition coefficient (Wildman–Crippen LogP) is 3.47. The summed E-state index contributed by atoms with van der Waals surface area (Å²) in [5.41, 5.74) is 9.78. The van der Waals surface area contributed by atoms with E-state index in [1.807, 2.05) is 6.07 Å². The highest BCUT2D eigenvalue weighted by Gasteiger charge is 2.26. The predicted molar refractivity (Wildman–Crippen MR) is 119 cm³/mol. The average molecular weight is 415 g/mol. The summed E-state index contributed by atoms with van der Waals surface area (Å²) >= 11 is 0. The maximum atomic E-state index is 12.5. The van der Waals surface area contributed by atoms with Gasteiger partial charge in [-0.05, 0) is 79.5 Å². The number of aryl methyl sites for hydroxylation is 1. The van der Waals surface area contributed by atoms with E-state index in [0.717, 1.165) is 30.2 Å². The van der Waals surface area contributed by atoms with Crippen molar-refractivity contribution in [2.45, 2.75) is 47.1 Å². The van der Waals surface area contributed by atoms with Crippen LogP contribution in [0.1, 0.15) is 45.4 Å². The van der Waals surface area contributed by atoms with Gasteiger partial charge >= 0.3 is 0 Å². The molecule has 0 spiro atoms. The molecule has 0 bridgehead atoms. The van der Waals surface area contributed by atoms with E-state index in [9.17, 15) is 13.2 Å². The number of nitrogens with one attached hydrogen (secondary N) is 1. The molecule has 0 atom stereocenters. The van der Waals surface area contributed by atoms with Crippen LogP contribution in [0.3, 0.4) is 0 Å². The first-order valence-corrected chi connectivity index (χ1v) is 11.6. The van der Waals surface area contributed by atoms with Crippen molar-refractivity contribution in [2.75, 3.05) is 6.26 Å². The van der Waals surface area contributed by atoms with Crippen molar-refractivity contribution in [3.05, 3.63) is 75.4 Å². The third-order valence-electron chi connectivity index (χ3n) is 5.38. The molecule has 156 valence electrons. The van der Waals surface area contributed by atoms with Gasteiger partial charge in [-0.2, -0.15) is 0 Å². The largest absolute Gasteiger partial charge is 0.348 e. The van der Waals surface area contributed by atoms with E-state index >= 15 is 0 Å². The fourth-order valence-corrected chi connectivity index (χ4v) is 3.58. The molecule has 0 fully saturated rings. The zero-order valence-corrected chi connectivity index (χ0v) is 18.6. The maximum Gasteiger partial charge on any atom is 0.251 e. The van der Waals surface area contributed by atoms with E-state index in [2.05, 4.69) is 68.5 Å². The van der Waals surface area contributed by atoms with Gasteiger partial charge in [0.1, 0.15) is 0 Å². The van der Waals surface area contributed by atoms with E-state index in [4.69, 9.17) is 0 Å². The molecule has 3 rings (SSSR count). The summed E-state index contributed by atoms with van der Waals surface area (Å²) in [5, 5.41) is 7.37. The molecule has 29 heavy (non-hydrogen) atoms. The van der Waals surface area contributed by atoms with Crippen molar-refractivity contribution < 1.29 is 13.2 Å². The number of rotatable bonds is 3. The molecule has 6 heteroatoms. The SMILES string of the molecule is CS(N)(=O)=O.Cc1c(C)c(C)c2c(c1C)CNC(=O)/C2=C\CCc1ccccc1. The summed E-state index contributed by atoms with van der Waals surface area (Å²) in [5.74, 6) is 0.0568. The van der Waals surface area contributed by atoms with Crippen LogP contribution in [-0.2, 0) is 27.8 Å². The Labute approximate surface area is 174 Å². The van der Waals surface area contributed by atoms with Crippen LogP contribution in [0, 0.1) is 27.7 Å². The van der Waals surface area contributed by atoms with Gasteiger partial charge in [-0.25, -0.2) is 13.6 Å². The molecule has 0 saturated carbocycles. The summed E-state index contributed by atoms with van der Waals surface area (Å²) in [7, 11) is -3.17. The van der Waals surface area contributed by atoms with E-state index in [-0.39, 0.29) is 5.91 Å². The lowest BCUT2D eigenvalue weighted by Crippen LogP contribution is -2.31. The van der Waals surface area contributed by atoms with Gasteiger partial charge in [0.25, 0.3) is 5.91 Å². The number of carbonyl (C=O) groups excluding carboxylic acids is 1. The molecule has 0 radical (unpaired) electrons. The second-order valence-electron chi connectivity index (χ2n) is 7.51. The third kappa shape index (κ3) is 6.02. The smallest absolute Gasteiger partial charge is 0.251 e. The molecule has 5 nitrogen and oxygen atoms in total. The van der Waals surface area contributed by atoms with Crippen molar-refractivity contribution in [3.8, 4) is 0 Å². The maximum absolute atomic E-state index is 12.5. The number of benzene rings is 2. The van der Waals surface area contributed by atoms with Gasteiger partial charge in [-0.3, -0.25) is 4.79 Å². The Morgan fingerprint density at radius 3 is 2.14 bits per heavy atom. The zero-order valence-electron chi connectivity index (χ0n) is 17.8. The number of fused-ring (bicyclic) bond motifs is 1. The average Bonchev–Trinajstić information content (AvgIpc) is 2.65. The summed E-state index contributed by atoms with van der Waals surface area (Å²) in [6, 6.07) is 10.4. The molecule has 1 heterocycles. The first-order chi connectivity index (χ1) is 13.5. The van der Waals surface area contributed by atoms with Gasteiger partial charge in [-0.15, -0.1) is 0 Å². The van der Waals surface area contributed by atoms with Crippen molar-refractivity contribution in [1.29, 1.82) is 0 Å². The van der Waals surface area contributed by atoms with Gasteiger partial charge < -0.3 is 5.32 Å². The Kier molecular flexibility index (Phi) is 7.38. The number of carbonyl (C=O) groups is 1. The quantitative estimate of drug-likeness (QED) is 0.754. The van der Waals surface area contributed by atoms with Crippen LogP contribution in [0.4, 0.5) is 0 Å². The summed E-state index contributed by atoms with van der Waals surface area (Å²) in [6.45, 7) is 9.28. The minimum Gasteiger partial charge on any atom is -0.348 e. The lowest BCUT2D eigenvalue weighted by Gasteiger charge is -2.26. The molecule has 1 amide bonds. The molecule has 1 aliphatic rings. The fraction of sp³-hybridized carbons (Fsp3) is 0.348. The number of allylic oxidation sites excluding steroid dienone is 1. The number of hydrogen-bond acceptors (Lipinski definition) is 3. The van der Waals surface area contributed by atoms with Crippen molar-refractivity contribution in [3.63, 3.8) is 0 Å². The normalized spacial score (nSPS) is 14.7. The van der Waals surface area contributed by atoms with Gasteiger partial charge in [0.2, 0.25) is 10.0 Å². The first kappa shape index (κ1) is 22.8. The molecule has 3 N–H and O–H groups in total. The van der Waals surface area contributed by atoms with E-state index in [1.54, 1.807) is 0 Å². The molecule has 2 aromatic carbocycles. The molecular formula is C23H30N2O3S. The zero-order chi connectivity index (χ0) is 21.8. The second kappa shape index (κ2) is 9.37. The van der Waals surface area contributed by atoms with E-state index in [0.29, 0.717) is 6.54 Å². The van der Waals surface area contributed by atoms with Crippen LogP contribution >= 0.6 is 0 Å². The lowest BCUT2D eigenvalue weighted by atomic mass is 9.83. The van der Waals surface area contributed by atoms with Crippen molar-refractivity contribution >= 4 is 21.5 Å². The van der Waals surface area contributed by atoms with Crippen LogP contribution in [0.5, 0.6) is 0 Å². The molecule has 0 unspecified atom stereocenters. The highest BCUT2D eigenvalue weighted by molar-refractivity contribution is 7.88. The number of amides is 1. The molecule has 0 saturated heterocycles. The Bertz CT molecular complexity index is 1030. The topological polar surface area (TPSA) is 89.3 Å². The number of sulfonamides is 1. The second-order valence-corrected chi connectivity index (χ2v) is 9.17. The van der Waals surface area contributed by atoms with Crippen molar-refractivity contribution in [1.82, 2.24) is 5.32 Å². The van der Waals surface area contributed by atoms with Gasteiger partial charge in [0, 0.05) is 12.1 Å². The van der Waals surface area contributed by atoms with Crippen LogP contribution in [0.2, 0.25) is 0 Å². The van der Waals surface area contributed by atoms with Crippen LogP contribution < -0.4 is 10.5 Å². The lowest BCUT2D eigenvalue weighted by molar-refractivity contribution is -0.116. The standard InChI is InChI=1S/C22H25NO.CH5NO2S/c1-14-15(2)17(4)21-19(22(24)23-13-20(21)16(14)3)12-8-11-18-9-6-5-7-10-18;1-5(2,3)4/h5-7,9-10,12H,8,11,13H2,1-4H3,(H,23,24);1H3,(H2,2,3,4)/b19-12-;. The monoisotopic (exact) mass is 414 g/mol. The summed E-state index contributed by atoms with van der Waals surface area (Å²) in [4.78, 5) is 12.5. The van der Waals surface area contributed by atoms with Gasteiger partial charge in [0.15, 0.2) is 0 Å². The summed E-state index contributed by atoms with van der Waals surface area (Å²) in [6.07, 6.45) is 4.88. The fourth-order valence-electron chi connectivity index (χ4n) is 3.58. The van der Waals surface area contributed by atoms with E-state index in [1.165, 1.54) is 33.4 Å². The first-order valence-electron chi connectivity index (χ1n) is 9.60. The Hall–Kier alpha value is -2.44. The number of hydrogen-bond donors (Lipinski definition) is 2. The molecule has 2 aromatic rings. The van der Waals surface area contributed by atoms with Crippen LogP contribution in [0.15, 0.2) is 36.4 Å². The van der Waals surface area contributed by atoms with Gasteiger partial charge in [-0.1, -0.05) is 36.4 Å². The Balaban J connectivity index is 0.000000537. The van der Waals surface area contributed by atoms with Crippen LogP contribution in [0.25, 0.3) is 5.57 Å². The molecule has 0 aliphatic carbocycles. The Morgan fingerprint density at radius 1 is 1.00 bits per heavy atom.